The largest absolute Gasteiger partial charge is 0.396 e. The van der Waals surface area contributed by atoms with Crippen molar-refractivity contribution in [2.75, 3.05) is 40.3 Å². The van der Waals surface area contributed by atoms with Crippen molar-refractivity contribution in [1.82, 2.24) is 10.2 Å². The van der Waals surface area contributed by atoms with E-state index in [4.69, 9.17) is 5.11 Å². The second-order valence-corrected chi connectivity index (χ2v) is 3.50. The molecule has 0 bridgehead atoms. The smallest absolute Gasteiger partial charge is 0.0524 e. The van der Waals surface area contributed by atoms with Gasteiger partial charge in [-0.05, 0) is 14.1 Å². The van der Waals surface area contributed by atoms with E-state index in [1.165, 1.54) is 0 Å². The van der Waals surface area contributed by atoms with E-state index in [1.54, 1.807) is 0 Å². The molecule has 1 fully saturated rings. The van der Waals surface area contributed by atoms with E-state index >= 15 is 0 Å². The standard InChI is InChI=1S/C7H16N2O/c1-9(2)5-7(6-10)3-8-4-7/h8,10H,3-6H2,1-2H3. The minimum atomic E-state index is 0.156. The van der Waals surface area contributed by atoms with Crippen LogP contribution in [0.1, 0.15) is 0 Å². The molecular formula is C7H16N2O. The van der Waals surface area contributed by atoms with E-state index in [1.807, 2.05) is 14.1 Å². The van der Waals surface area contributed by atoms with Gasteiger partial charge in [0.05, 0.1) is 6.61 Å². The van der Waals surface area contributed by atoms with Gasteiger partial charge in [-0.15, -0.1) is 0 Å². The molecule has 10 heavy (non-hydrogen) atoms. The van der Waals surface area contributed by atoms with Crippen LogP contribution in [0.4, 0.5) is 0 Å². The number of nitrogens with one attached hydrogen (secondary N) is 1. The lowest BCUT2D eigenvalue weighted by Gasteiger charge is -2.42. The highest BCUT2D eigenvalue weighted by molar-refractivity contribution is 4.93. The van der Waals surface area contributed by atoms with E-state index in [0.717, 1.165) is 19.6 Å². The van der Waals surface area contributed by atoms with E-state index in [-0.39, 0.29) is 5.41 Å². The maximum absolute atomic E-state index is 9.02. The third-order valence-electron chi connectivity index (χ3n) is 1.99. The van der Waals surface area contributed by atoms with Crippen molar-refractivity contribution in [3.8, 4) is 0 Å². The lowest BCUT2D eigenvalue weighted by atomic mass is 9.82. The molecule has 0 spiro atoms. The second-order valence-electron chi connectivity index (χ2n) is 3.50. The average molecular weight is 144 g/mol. The summed E-state index contributed by atoms with van der Waals surface area (Å²) in [6, 6.07) is 0. The lowest BCUT2D eigenvalue weighted by Crippen LogP contribution is -2.60. The van der Waals surface area contributed by atoms with Crippen molar-refractivity contribution in [1.29, 1.82) is 0 Å². The Bertz CT molecular complexity index is 105. The van der Waals surface area contributed by atoms with Crippen LogP contribution in [0.2, 0.25) is 0 Å². The molecule has 0 aliphatic carbocycles. The molecular weight excluding hydrogens is 128 g/mol. The highest BCUT2D eigenvalue weighted by Gasteiger charge is 2.36. The van der Waals surface area contributed by atoms with Crippen LogP contribution in [-0.4, -0.2) is 50.3 Å². The van der Waals surface area contributed by atoms with Crippen LogP contribution in [0.25, 0.3) is 0 Å². The zero-order valence-electron chi connectivity index (χ0n) is 6.72. The fourth-order valence-electron chi connectivity index (χ4n) is 1.42. The van der Waals surface area contributed by atoms with Crippen molar-refractivity contribution in [2.45, 2.75) is 0 Å². The highest BCUT2D eigenvalue weighted by Crippen LogP contribution is 2.21. The van der Waals surface area contributed by atoms with Gasteiger partial charge < -0.3 is 15.3 Å². The van der Waals surface area contributed by atoms with Gasteiger partial charge in [0.15, 0.2) is 0 Å². The number of aliphatic hydroxyl groups is 1. The zero-order valence-corrected chi connectivity index (χ0v) is 6.72. The topological polar surface area (TPSA) is 35.5 Å². The maximum Gasteiger partial charge on any atom is 0.0524 e. The first-order chi connectivity index (χ1) is 4.68. The molecule has 0 aromatic rings. The fourth-order valence-corrected chi connectivity index (χ4v) is 1.42. The molecule has 1 rings (SSSR count). The van der Waals surface area contributed by atoms with Gasteiger partial charge in [-0.25, -0.2) is 0 Å². The van der Waals surface area contributed by atoms with Crippen LogP contribution in [0.3, 0.4) is 0 Å². The molecule has 0 aromatic carbocycles. The van der Waals surface area contributed by atoms with E-state index in [9.17, 15) is 0 Å². The number of nitrogens with zero attached hydrogens (tertiary/aromatic N) is 1. The van der Waals surface area contributed by atoms with Crippen LogP contribution in [-0.2, 0) is 0 Å². The molecule has 0 amide bonds. The molecule has 0 radical (unpaired) electrons. The van der Waals surface area contributed by atoms with Gasteiger partial charge in [0.2, 0.25) is 0 Å². The van der Waals surface area contributed by atoms with Crippen molar-refractivity contribution in [3.05, 3.63) is 0 Å². The molecule has 0 aromatic heterocycles. The Hall–Kier alpha value is -0.120. The molecule has 0 unspecified atom stereocenters. The van der Waals surface area contributed by atoms with Gasteiger partial charge >= 0.3 is 0 Å². The molecule has 1 heterocycles. The van der Waals surface area contributed by atoms with E-state index in [2.05, 4.69) is 10.2 Å². The van der Waals surface area contributed by atoms with Crippen LogP contribution in [0, 0.1) is 5.41 Å². The average Bonchev–Trinajstić information content (AvgIpc) is 1.78. The van der Waals surface area contributed by atoms with Gasteiger partial charge in [0, 0.05) is 25.0 Å². The first-order valence-corrected chi connectivity index (χ1v) is 3.65. The summed E-state index contributed by atoms with van der Waals surface area (Å²) in [6.07, 6.45) is 0. The Morgan fingerprint density at radius 3 is 2.20 bits per heavy atom. The van der Waals surface area contributed by atoms with E-state index in [0.29, 0.717) is 6.61 Å². The highest BCUT2D eigenvalue weighted by atomic mass is 16.3. The molecule has 1 aliphatic rings. The molecule has 1 saturated heterocycles. The van der Waals surface area contributed by atoms with Crippen LogP contribution < -0.4 is 5.32 Å². The van der Waals surface area contributed by atoms with Crippen LogP contribution >= 0.6 is 0 Å². The predicted octanol–water partition coefficient (Wildman–Crippen LogP) is -0.870. The number of aliphatic hydroxyl groups excluding tert-OH is 1. The summed E-state index contributed by atoms with van der Waals surface area (Å²) < 4.78 is 0. The summed E-state index contributed by atoms with van der Waals surface area (Å²) in [6.45, 7) is 3.21. The summed E-state index contributed by atoms with van der Waals surface area (Å²) in [7, 11) is 4.07. The minimum absolute atomic E-state index is 0.156. The summed E-state index contributed by atoms with van der Waals surface area (Å²) in [5.74, 6) is 0. The molecule has 3 nitrogen and oxygen atoms in total. The Labute approximate surface area is 62.0 Å². The maximum atomic E-state index is 9.02. The third kappa shape index (κ3) is 1.48. The zero-order chi connectivity index (χ0) is 7.61. The number of hydrogen-bond donors (Lipinski definition) is 2. The van der Waals surface area contributed by atoms with Crippen molar-refractivity contribution < 1.29 is 5.11 Å². The summed E-state index contributed by atoms with van der Waals surface area (Å²) in [4.78, 5) is 2.12. The van der Waals surface area contributed by atoms with Gasteiger partial charge in [-0.3, -0.25) is 0 Å². The molecule has 2 N–H and O–H groups in total. The Morgan fingerprint density at radius 2 is 2.10 bits per heavy atom. The van der Waals surface area contributed by atoms with Crippen molar-refractivity contribution in [2.24, 2.45) is 5.41 Å². The Kier molecular flexibility index (Phi) is 2.28. The van der Waals surface area contributed by atoms with E-state index < -0.39 is 0 Å². The van der Waals surface area contributed by atoms with Gasteiger partial charge in [0.1, 0.15) is 0 Å². The third-order valence-corrected chi connectivity index (χ3v) is 1.99. The number of rotatable bonds is 3. The van der Waals surface area contributed by atoms with Crippen molar-refractivity contribution in [3.63, 3.8) is 0 Å². The molecule has 0 atom stereocenters. The monoisotopic (exact) mass is 144 g/mol. The van der Waals surface area contributed by atoms with Crippen LogP contribution in [0.15, 0.2) is 0 Å². The van der Waals surface area contributed by atoms with Crippen molar-refractivity contribution >= 4 is 0 Å². The second kappa shape index (κ2) is 2.86. The first kappa shape index (κ1) is 7.98. The quantitative estimate of drug-likeness (QED) is 0.540. The predicted molar refractivity (Wildman–Crippen MR) is 40.9 cm³/mol. The molecule has 3 heteroatoms. The normalized spacial score (nSPS) is 22.8. The van der Waals surface area contributed by atoms with Crippen LogP contribution in [0.5, 0.6) is 0 Å². The molecule has 0 saturated carbocycles. The SMILES string of the molecule is CN(C)CC1(CO)CNC1. The molecule has 60 valence electrons. The summed E-state index contributed by atoms with van der Waals surface area (Å²) >= 11 is 0. The Balaban J connectivity index is 2.33. The van der Waals surface area contributed by atoms with Gasteiger partial charge in [0.25, 0.3) is 0 Å². The van der Waals surface area contributed by atoms with Gasteiger partial charge in [-0.1, -0.05) is 0 Å². The van der Waals surface area contributed by atoms with Gasteiger partial charge in [-0.2, -0.15) is 0 Å². The Morgan fingerprint density at radius 1 is 1.50 bits per heavy atom. The summed E-state index contributed by atoms with van der Waals surface area (Å²) in [5, 5.41) is 12.2. The fraction of sp³-hybridized carbons (Fsp3) is 1.00. The first-order valence-electron chi connectivity index (χ1n) is 3.65. The lowest BCUT2D eigenvalue weighted by molar-refractivity contribution is 0.0427. The number of hydrogen-bond acceptors (Lipinski definition) is 3. The minimum Gasteiger partial charge on any atom is -0.396 e. The summed E-state index contributed by atoms with van der Waals surface area (Å²) in [5.41, 5.74) is 0.156. The molecule has 1 aliphatic heterocycles.